The maximum Gasteiger partial charge on any atom is 0.413 e. The van der Waals surface area contributed by atoms with Gasteiger partial charge in [-0.1, -0.05) is 12.1 Å². The van der Waals surface area contributed by atoms with Crippen LogP contribution in [0.25, 0.3) is 0 Å². The van der Waals surface area contributed by atoms with E-state index >= 15 is 0 Å². The average molecular weight is 278 g/mol. The second kappa shape index (κ2) is 6.46. The van der Waals surface area contributed by atoms with Crippen molar-refractivity contribution in [2.75, 3.05) is 19.5 Å². The summed E-state index contributed by atoms with van der Waals surface area (Å²) in [6.07, 6.45) is 1.87. The molecule has 0 bridgehead atoms. The fourth-order valence-corrected chi connectivity index (χ4v) is 1.63. The largest absolute Gasteiger partial charge is 0.493 e. The first-order valence-electron chi connectivity index (χ1n) is 5.76. The van der Waals surface area contributed by atoms with E-state index in [9.17, 15) is 4.79 Å². The van der Waals surface area contributed by atoms with Gasteiger partial charge in [-0.15, -0.1) is 0 Å². The first-order chi connectivity index (χ1) is 9.74. The lowest BCUT2D eigenvalue weighted by atomic mass is 10.2. The molecule has 7 nitrogen and oxygen atoms in total. The second-order valence-corrected chi connectivity index (χ2v) is 3.73. The quantitative estimate of drug-likeness (QED) is 0.904. The van der Waals surface area contributed by atoms with Crippen molar-refractivity contribution < 1.29 is 23.4 Å². The predicted octanol–water partition coefficient (Wildman–Crippen LogP) is 2.44. The topological polar surface area (TPSA) is 82.8 Å². The number of ether oxygens (including phenoxy) is 3. The van der Waals surface area contributed by atoms with Gasteiger partial charge in [-0.25, -0.2) is 4.79 Å². The summed E-state index contributed by atoms with van der Waals surface area (Å²) in [5, 5.41) is 2.42. The number of amides is 1. The fourth-order valence-electron chi connectivity index (χ4n) is 1.63. The van der Waals surface area contributed by atoms with Gasteiger partial charge in [0, 0.05) is 5.56 Å². The third kappa shape index (κ3) is 3.19. The van der Waals surface area contributed by atoms with E-state index < -0.39 is 6.09 Å². The number of carbonyl (C=O) groups excluding carboxylic acids is 1. The van der Waals surface area contributed by atoms with Crippen LogP contribution < -0.4 is 14.8 Å². The summed E-state index contributed by atoms with van der Waals surface area (Å²) in [5.74, 6) is 1.39. The Labute approximate surface area is 115 Å². The second-order valence-electron chi connectivity index (χ2n) is 3.73. The van der Waals surface area contributed by atoms with E-state index in [0.717, 1.165) is 0 Å². The Balaban J connectivity index is 1.98. The number of carbonyl (C=O) groups is 1. The molecule has 0 aliphatic rings. The molecule has 0 saturated heterocycles. The molecule has 1 aromatic heterocycles. The lowest BCUT2D eigenvalue weighted by Gasteiger charge is -2.12. The van der Waals surface area contributed by atoms with Crippen LogP contribution in [0.3, 0.4) is 0 Å². The number of methoxy groups -OCH3 is 2. The van der Waals surface area contributed by atoms with Crippen LogP contribution in [0, 0.1) is 0 Å². The highest BCUT2D eigenvalue weighted by atomic mass is 16.6. The number of nitrogens with zero attached hydrogens (tertiary/aromatic N) is 1. The van der Waals surface area contributed by atoms with Gasteiger partial charge in [0.1, 0.15) is 12.9 Å². The molecule has 0 radical (unpaired) electrons. The van der Waals surface area contributed by atoms with E-state index in [1.165, 1.54) is 19.8 Å². The van der Waals surface area contributed by atoms with Crippen LogP contribution in [-0.2, 0) is 11.3 Å². The van der Waals surface area contributed by atoms with Gasteiger partial charge in [0.05, 0.1) is 14.2 Å². The molecular weight excluding hydrogens is 264 g/mol. The monoisotopic (exact) mass is 278 g/mol. The van der Waals surface area contributed by atoms with Crippen LogP contribution in [0.4, 0.5) is 10.6 Å². The van der Waals surface area contributed by atoms with E-state index in [4.69, 9.17) is 18.6 Å². The van der Waals surface area contributed by atoms with Crippen LogP contribution in [0.1, 0.15) is 5.56 Å². The molecule has 106 valence electrons. The smallest absolute Gasteiger partial charge is 0.413 e. The number of benzene rings is 1. The normalized spacial score (nSPS) is 9.90. The molecule has 0 fully saturated rings. The molecule has 2 rings (SSSR count). The molecule has 1 amide bonds. The van der Waals surface area contributed by atoms with Gasteiger partial charge >= 0.3 is 6.09 Å². The summed E-state index contributed by atoms with van der Waals surface area (Å²) in [6, 6.07) is 5.33. The molecule has 0 atom stereocenters. The molecule has 0 spiro atoms. The minimum Gasteiger partial charge on any atom is -0.493 e. The summed E-state index contributed by atoms with van der Waals surface area (Å²) >= 11 is 0. The highest BCUT2D eigenvalue weighted by molar-refractivity contribution is 5.82. The van der Waals surface area contributed by atoms with Gasteiger partial charge in [-0.3, -0.25) is 5.32 Å². The molecule has 0 saturated carbocycles. The first-order valence-corrected chi connectivity index (χ1v) is 5.76. The van der Waals surface area contributed by atoms with Crippen molar-refractivity contribution in [1.29, 1.82) is 0 Å². The third-order valence-electron chi connectivity index (χ3n) is 2.51. The van der Waals surface area contributed by atoms with Crippen molar-refractivity contribution in [2.45, 2.75) is 6.61 Å². The number of anilines is 1. The van der Waals surface area contributed by atoms with Gasteiger partial charge < -0.3 is 18.6 Å². The Hall–Kier alpha value is -2.70. The zero-order valence-electron chi connectivity index (χ0n) is 11.1. The third-order valence-corrected chi connectivity index (χ3v) is 2.51. The molecule has 20 heavy (non-hydrogen) atoms. The van der Waals surface area contributed by atoms with E-state index in [1.54, 1.807) is 25.3 Å². The average Bonchev–Trinajstić information content (AvgIpc) is 2.97. The molecule has 0 aliphatic heterocycles. The summed E-state index contributed by atoms with van der Waals surface area (Å²) in [6.45, 7) is 0.0457. The van der Waals surface area contributed by atoms with Crippen molar-refractivity contribution >= 4 is 11.9 Å². The minimum absolute atomic E-state index is 0.0457. The van der Waals surface area contributed by atoms with Crippen molar-refractivity contribution in [3.63, 3.8) is 0 Å². The summed E-state index contributed by atoms with van der Waals surface area (Å²) in [4.78, 5) is 15.3. The van der Waals surface area contributed by atoms with Crippen molar-refractivity contribution in [1.82, 2.24) is 4.98 Å². The first kappa shape index (κ1) is 13.7. The number of oxazole rings is 1. The molecule has 1 heterocycles. The Bertz CT molecular complexity index is 568. The van der Waals surface area contributed by atoms with Crippen molar-refractivity contribution in [3.8, 4) is 11.5 Å². The lowest BCUT2D eigenvalue weighted by Crippen LogP contribution is -2.14. The predicted molar refractivity (Wildman–Crippen MR) is 69.9 cm³/mol. The standard InChI is InChI=1S/C13H14N2O5/c1-17-10-5-3-4-9(12(10)18-2)6-20-13(16)15-11-7-19-8-14-11/h3-5,7-8H,6H2,1-2H3,(H,15,16). The summed E-state index contributed by atoms with van der Waals surface area (Å²) < 4.78 is 20.2. The highest BCUT2D eigenvalue weighted by Gasteiger charge is 2.12. The minimum atomic E-state index is -0.635. The molecule has 0 unspecified atom stereocenters. The Morgan fingerprint density at radius 1 is 1.35 bits per heavy atom. The molecule has 1 N–H and O–H groups in total. The Morgan fingerprint density at radius 3 is 2.85 bits per heavy atom. The van der Waals surface area contributed by atoms with Gasteiger partial charge in [-0.05, 0) is 6.07 Å². The van der Waals surface area contributed by atoms with Gasteiger partial charge in [-0.2, -0.15) is 4.98 Å². The maximum absolute atomic E-state index is 11.6. The SMILES string of the molecule is COc1cccc(COC(=O)Nc2cocn2)c1OC. The van der Waals surface area contributed by atoms with Crippen LogP contribution in [0.15, 0.2) is 35.3 Å². The van der Waals surface area contributed by atoms with Gasteiger partial charge in [0.2, 0.25) is 0 Å². The molecule has 0 aliphatic carbocycles. The fraction of sp³-hybridized carbons (Fsp3) is 0.231. The molecule has 1 aromatic carbocycles. The zero-order chi connectivity index (χ0) is 14.4. The van der Waals surface area contributed by atoms with Crippen LogP contribution in [0.2, 0.25) is 0 Å². The zero-order valence-corrected chi connectivity index (χ0v) is 11.1. The van der Waals surface area contributed by atoms with Gasteiger partial charge in [0.15, 0.2) is 23.7 Å². The number of rotatable bonds is 5. The number of nitrogens with one attached hydrogen (secondary N) is 1. The molecule has 2 aromatic rings. The number of hydrogen-bond acceptors (Lipinski definition) is 6. The van der Waals surface area contributed by atoms with E-state index in [2.05, 4.69) is 10.3 Å². The van der Waals surface area contributed by atoms with Crippen LogP contribution >= 0.6 is 0 Å². The number of hydrogen-bond donors (Lipinski definition) is 1. The van der Waals surface area contributed by atoms with Gasteiger partial charge in [0.25, 0.3) is 0 Å². The van der Waals surface area contributed by atoms with Crippen LogP contribution in [0.5, 0.6) is 11.5 Å². The number of aromatic nitrogens is 1. The maximum atomic E-state index is 11.6. The lowest BCUT2D eigenvalue weighted by molar-refractivity contribution is 0.153. The van der Waals surface area contributed by atoms with E-state index in [-0.39, 0.29) is 12.4 Å². The molecular formula is C13H14N2O5. The van der Waals surface area contributed by atoms with Crippen molar-refractivity contribution in [2.24, 2.45) is 0 Å². The Kier molecular flexibility index (Phi) is 4.43. The highest BCUT2D eigenvalue weighted by Crippen LogP contribution is 2.31. The number of para-hydroxylation sites is 1. The summed E-state index contributed by atoms with van der Waals surface area (Å²) in [5.41, 5.74) is 0.696. The Morgan fingerprint density at radius 2 is 2.20 bits per heavy atom. The molecule has 7 heteroatoms. The van der Waals surface area contributed by atoms with E-state index in [0.29, 0.717) is 17.1 Å². The van der Waals surface area contributed by atoms with E-state index in [1.807, 2.05) is 0 Å². The van der Waals surface area contributed by atoms with Crippen LogP contribution in [-0.4, -0.2) is 25.3 Å². The summed E-state index contributed by atoms with van der Waals surface area (Å²) in [7, 11) is 3.07. The van der Waals surface area contributed by atoms with Crippen molar-refractivity contribution in [3.05, 3.63) is 36.4 Å².